The van der Waals surface area contributed by atoms with E-state index in [1.54, 1.807) is 6.33 Å². The van der Waals surface area contributed by atoms with Crippen molar-refractivity contribution in [3.8, 4) is 0 Å². The van der Waals surface area contributed by atoms with Crippen molar-refractivity contribution in [2.75, 3.05) is 17.6 Å². The highest BCUT2D eigenvalue weighted by Crippen LogP contribution is 2.32. The zero-order valence-electron chi connectivity index (χ0n) is 11.1. The second-order valence-electron chi connectivity index (χ2n) is 4.95. The van der Waals surface area contributed by atoms with E-state index in [0.717, 1.165) is 34.4 Å². The van der Waals surface area contributed by atoms with E-state index in [4.69, 9.17) is 0 Å². The van der Waals surface area contributed by atoms with Crippen molar-refractivity contribution in [3.63, 3.8) is 0 Å². The first kappa shape index (κ1) is 12.7. The summed E-state index contributed by atoms with van der Waals surface area (Å²) in [5.74, 6) is 2.67. The molecular formula is C13H19N5S. The number of thioether (sulfide) groups is 1. The molecule has 2 N–H and O–H groups in total. The standard InChI is InChI=1S/C13H19N5S/c1-2-14-13-17-11-10(15-8-16-11)12(18-13)19-7-9-5-3-4-6-9/h8-9H,2-7H2,1H3,(H2,14,15,16,17,18). The number of aromatic amines is 1. The molecule has 2 aromatic heterocycles. The van der Waals surface area contributed by atoms with Crippen LogP contribution >= 0.6 is 11.8 Å². The molecular weight excluding hydrogens is 258 g/mol. The van der Waals surface area contributed by atoms with Crippen LogP contribution in [0, 0.1) is 5.92 Å². The van der Waals surface area contributed by atoms with Crippen LogP contribution in [0.3, 0.4) is 0 Å². The van der Waals surface area contributed by atoms with E-state index < -0.39 is 0 Å². The number of rotatable bonds is 5. The molecule has 0 saturated heterocycles. The first-order valence-corrected chi connectivity index (χ1v) is 7.93. The number of fused-ring (bicyclic) bond motifs is 1. The lowest BCUT2D eigenvalue weighted by molar-refractivity contribution is 0.623. The maximum Gasteiger partial charge on any atom is 0.225 e. The average molecular weight is 277 g/mol. The number of H-pyrrole nitrogens is 1. The highest BCUT2D eigenvalue weighted by atomic mass is 32.2. The number of imidazole rings is 1. The molecule has 5 nitrogen and oxygen atoms in total. The van der Waals surface area contributed by atoms with E-state index in [9.17, 15) is 0 Å². The maximum absolute atomic E-state index is 4.59. The molecule has 1 saturated carbocycles. The molecule has 0 aliphatic heterocycles. The first-order valence-electron chi connectivity index (χ1n) is 6.94. The molecule has 1 fully saturated rings. The van der Waals surface area contributed by atoms with E-state index in [1.807, 2.05) is 18.7 Å². The summed E-state index contributed by atoms with van der Waals surface area (Å²) >= 11 is 1.83. The Labute approximate surface area is 117 Å². The van der Waals surface area contributed by atoms with Gasteiger partial charge in [-0.25, -0.2) is 9.97 Å². The second kappa shape index (κ2) is 5.77. The van der Waals surface area contributed by atoms with E-state index >= 15 is 0 Å². The Morgan fingerprint density at radius 2 is 2.21 bits per heavy atom. The zero-order valence-corrected chi connectivity index (χ0v) is 12.0. The summed E-state index contributed by atoms with van der Waals surface area (Å²) in [6.45, 7) is 2.87. The molecule has 2 aromatic rings. The number of nitrogens with zero attached hydrogens (tertiary/aromatic N) is 3. The summed E-state index contributed by atoms with van der Waals surface area (Å²) in [4.78, 5) is 16.4. The molecule has 2 heterocycles. The fourth-order valence-corrected chi connectivity index (χ4v) is 3.69. The molecule has 102 valence electrons. The smallest absolute Gasteiger partial charge is 0.225 e. The van der Waals surface area contributed by atoms with Crippen molar-refractivity contribution in [1.29, 1.82) is 0 Å². The van der Waals surface area contributed by atoms with Gasteiger partial charge >= 0.3 is 0 Å². The van der Waals surface area contributed by atoms with Crippen LogP contribution in [0.15, 0.2) is 11.4 Å². The molecule has 0 amide bonds. The Morgan fingerprint density at radius 1 is 1.37 bits per heavy atom. The lowest BCUT2D eigenvalue weighted by Crippen LogP contribution is -2.04. The molecule has 0 unspecified atom stereocenters. The summed E-state index contributed by atoms with van der Waals surface area (Å²) in [6, 6.07) is 0. The fraction of sp³-hybridized carbons (Fsp3) is 0.615. The number of aromatic nitrogens is 4. The van der Waals surface area contributed by atoms with Crippen molar-refractivity contribution in [2.45, 2.75) is 37.6 Å². The summed E-state index contributed by atoms with van der Waals surface area (Å²) < 4.78 is 0. The fourth-order valence-electron chi connectivity index (χ4n) is 2.52. The third-order valence-electron chi connectivity index (χ3n) is 3.52. The van der Waals surface area contributed by atoms with Gasteiger partial charge in [0.2, 0.25) is 5.95 Å². The number of hydrogen-bond acceptors (Lipinski definition) is 5. The Morgan fingerprint density at radius 3 is 3.00 bits per heavy atom. The van der Waals surface area contributed by atoms with Gasteiger partial charge in [-0.2, -0.15) is 4.98 Å². The minimum Gasteiger partial charge on any atom is -0.354 e. The third-order valence-corrected chi connectivity index (χ3v) is 4.72. The molecule has 6 heteroatoms. The summed E-state index contributed by atoms with van der Waals surface area (Å²) in [7, 11) is 0. The molecule has 0 spiro atoms. The molecule has 0 aromatic carbocycles. The van der Waals surface area contributed by atoms with Gasteiger partial charge in [-0.1, -0.05) is 12.8 Å². The minimum atomic E-state index is 0.677. The second-order valence-corrected chi connectivity index (χ2v) is 5.95. The highest BCUT2D eigenvalue weighted by molar-refractivity contribution is 7.99. The molecule has 0 bridgehead atoms. The summed E-state index contributed by atoms with van der Waals surface area (Å²) in [5, 5.41) is 4.19. The molecule has 3 rings (SSSR count). The molecule has 1 aliphatic rings. The van der Waals surface area contributed by atoms with Gasteiger partial charge < -0.3 is 10.3 Å². The van der Waals surface area contributed by atoms with E-state index in [1.165, 1.54) is 25.7 Å². The zero-order chi connectivity index (χ0) is 13.1. The predicted octanol–water partition coefficient (Wildman–Crippen LogP) is 3.07. The largest absolute Gasteiger partial charge is 0.354 e. The van der Waals surface area contributed by atoms with Gasteiger partial charge in [-0.15, -0.1) is 11.8 Å². The van der Waals surface area contributed by atoms with E-state index in [0.29, 0.717) is 5.95 Å². The van der Waals surface area contributed by atoms with Gasteiger partial charge in [0.25, 0.3) is 0 Å². The molecule has 0 atom stereocenters. The van der Waals surface area contributed by atoms with Crippen LogP contribution in [-0.2, 0) is 0 Å². The van der Waals surface area contributed by atoms with Gasteiger partial charge in [0.05, 0.1) is 6.33 Å². The SMILES string of the molecule is CCNc1nc(SCC2CCCC2)c2[nH]cnc2n1. The maximum atomic E-state index is 4.59. The van der Waals surface area contributed by atoms with Crippen molar-refractivity contribution in [2.24, 2.45) is 5.92 Å². The molecule has 19 heavy (non-hydrogen) atoms. The van der Waals surface area contributed by atoms with Gasteiger partial charge in [0, 0.05) is 12.3 Å². The van der Waals surface area contributed by atoms with Crippen molar-refractivity contribution >= 4 is 28.9 Å². The van der Waals surface area contributed by atoms with Crippen LogP contribution in [0.4, 0.5) is 5.95 Å². The van der Waals surface area contributed by atoms with Crippen LogP contribution in [0.2, 0.25) is 0 Å². The van der Waals surface area contributed by atoms with Crippen LogP contribution in [0.5, 0.6) is 0 Å². The topological polar surface area (TPSA) is 66.5 Å². The van der Waals surface area contributed by atoms with E-state index in [2.05, 4.69) is 25.3 Å². The Bertz CT molecular complexity index is 547. The first-order chi connectivity index (χ1) is 9.36. The average Bonchev–Trinajstić information content (AvgIpc) is 3.07. The normalized spacial score (nSPS) is 16.3. The number of hydrogen-bond donors (Lipinski definition) is 2. The summed E-state index contributed by atoms with van der Waals surface area (Å²) in [5.41, 5.74) is 1.71. The van der Waals surface area contributed by atoms with Gasteiger partial charge in [0.1, 0.15) is 10.5 Å². The van der Waals surface area contributed by atoms with Crippen LogP contribution in [0.1, 0.15) is 32.6 Å². The Hall–Kier alpha value is -1.30. The van der Waals surface area contributed by atoms with Gasteiger partial charge in [-0.3, -0.25) is 0 Å². The van der Waals surface area contributed by atoms with Crippen molar-refractivity contribution in [3.05, 3.63) is 6.33 Å². The number of nitrogens with one attached hydrogen (secondary N) is 2. The van der Waals surface area contributed by atoms with Gasteiger partial charge in [0.15, 0.2) is 5.65 Å². The van der Waals surface area contributed by atoms with E-state index in [-0.39, 0.29) is 0 Å². The third kappa shape index (κ3) is 2.83. The minimum absolute atomic E-state index is 0.677. The number of anilines is 1. The Kier molecular flexibility index (Phi) is 3.87. The van der Waals surface area contributed by atoms with Crippen molar-refractivity contribution < 1.29 is 0 Å². The lowest BCUT2D eigenvalue weighted by Gasteiger charge is -2.09. The van der Waals surface area contributed by atoms with Crippen molar-refractivity contribution in [1.82, 2.24) is 19.9 Å². The highest BCUT2D eigenvalue weighted by Gasteiger charge is 2.17. The summed E-state index contributed by atoms with van der Waals surface area (Å²) in [6.07, 6.45) is 7.19. The van der Waals surface area contributed by atoms with Crippen LogP contribution < -0.4 is 5.32 Å². The van der Waals surface area contributed by atoms with Crippen LogP contribution in [0.25, 0.3) is 11.2 Å². The predicted molar refractivity (Wildman–Crippen MR) is 78.5 cm³/mol. The Balaban J connectivity index is 1.80. The monoisotopic (exact) mass is 277 g/mol. The van der Waals surface area contributed by atoms with Gasteiger partial charge in [-0.05, 0) is 25.7 Å². The molecule has 1 aliphatic carbocycles. The molecule has 0 radical (unpaired) electrons. The quantitative estimate of drug-likeness (QED) is 0.649. The lowest BCUT2D eigenvalue weighted by atomic mass is 10.1. The van der Waals surface area contributed by atoms with Crippen LogP contribution in [-0.4, -0.2) is 32.2 Å².